The van der Waals surface area contributed by atoms with Gasteiger partial charge >= 0.3 is 0 Å². The molecule has 17 heavy (non-hydrogen) atoms. The Kier molecular flexibility index (Phi) is 4.10. The number of rotatable bonds is 2. The topological polar surface area (TPSA) is 38.0 Å². The van der Waals surface area contributed by atoms with Gasteiger partial charge in [0.05, 0.1) is 22.5 Å². The average molecular weight is 257 g/mol. The molecule has 0 radical (unpaired) electrons. The summed E-state index contributed by atoms with van der Waals surface area (Å²) in [4.78, 5) is 0. The molecule has 1 aromatic heterocycles. The van der Waals surface area contributed by atoms with Crippen molar-refractivity contribution in [3.05, 3.63) is 16.4 Å². The molecule has 0 amide bonds. The van der Waals surface area contributed by atoms with Crippen molar-refractivity contribution in [2.75, 3.05) is 0 Å². The first-order valence-corrected chi connectivity index (χ1v) is 6.81. The largest absolute Gasteiger partial charge is 0.393 e. The second kappa shape index (κ2) is 5.40. The van der Waals surface area contributed by atoms with Gasteiger partial charge < -0.3 is 5.11 Å². The first kappa shape index (κ1) is 12.9. The van der Waals surface area contributed by atoms with Crippen LogP contribution in [0.3, 0.4) is 0 Å². The van der Waals surface area contributed by atoms with E-state index in [0.29, 0.717) is 5.92 Å². The highest BCUT2D eigenvalue weighted by Crippen LogP contribution is 2.29. The van der Waals surface area contributed by atoms with Crippen LogP contribution in [0.2, 0.25) is 5.02 Å². The van der Waals surface area contributed by atoms with Crippen LogP contribution in [0.1, 0.15) is 43.5 Å². The Morgan fingerprint density at radius 3 is 2.76 bits per heavy atom. The lowest BCUT2D eigenvalue weighted by atomic mass is 9.94. The number of hydrogen-bond donors (Lipinski definition) is 1. The summed E-state index contributed by atoms with van der Waals surface area (Å²) < 4.78 is 1.88. The van der Waals surface area contributed by atoms with E-state index in [4.69, 9.17) is 11.6 Å². The zero-order valence-corrected chi connectivity index (χ0v) is 11.4. The molecule has 1 aromatic rings. The standard InChI is InChI=1S/C13H21ClN2O/c1-9-13(14)12(16(2)15-9)8-10-5-3-4-6-11(17)7-10/h10-11,17H,3-8H2,1-2H3. The molecule has 1 aliphatic carbocycles. The van der Waals surface area contributed by atoms with Gasteiger partial charge in [-0.2, -0.15) is 5.10 Å². The molecule has 2 unspecified atom stereocenters. The maximum atomic E-state index is 9.83. The highest BCUT2D eigenvalue weighted by atomic mass is 35.5. The van der Waals surface area contributed by atoms with Crippen LogP contribution in [0, 0.1) is 12.8 Å². The van der Waals surface area contributed by atoms with Gasteiger partial charge in [-0.1, -0.05) is 24.4 Å². The third-order valence-corrected chi connectivity index (χ3v) is 4.24. The molecule has 2 atom stereocenters. The van der Waals surface area contributed by atoms with E-state index in [1.165, 1.54) is 12.8 Å². The van der Waals surface area contributed by atoms with Gasteiger partial charge in [-0.25, -0.2) is 0 Å². The van der Waals surface area contributed by atoms with E-state index in [1.54, 1.807) is 0 Å². The van der Waals surface area contributed by atoms with Crippen molar-refractivity contribution < 1.29 is 5.11 Å². The molecule has 96 valence electrons. The van der Waals surface area contributed by atoms with Crippen LogP contribution in [0.4, 0.5) is 0 Å². The molecule has 1 aliphatic rings. The van der Waals surface area contributed by atoms with E-state index in [1.807, 2.05) is 18.7 Å². The van der Waals surface area contributed by atoms with Gasteiger partial charge in [0.1, 0.15) is 0 Å². The first-order chi connectivity index (χ1) is 8.08. The zero-order chi connectivity index (χ0) is 12.4. The molecule has 0 aromatic carbocycles. The zero-order valence-electron chi connectivity index (χ0n) is 10.6. The van der Waals surface area contributed by atoms with Crippen LogP contribution in [-0.2, 0) is 13.5 Å². The van der Waals surface area contributed by atoms with Crippen molar-refractivity contribution >= 4 is 11.6 Å². The van der Waals surface area contributed by atoms with Crippen molar-refractivity contribution in [1.82, 2.24) is 9.78 Å². The predicted octanol–water partition coefficient (Wildman–Crippen LogP) is 2.87. The van der Waals surface area contributed by atoms with Gasteiger partial charge in [0.25, 0.3) is 0 Å². The SMILES string of the molecule is Cc1nn(C)c(CC2CCCCC(O)C2)c1Cl. The van der Waals surface area contributed by atoms with E-state index in [2.05, 4.69) is 5.10 Å². The third kappa shape index (κ3) is 3.02. The monoisotopic (exact) mass is 256 g/mol. The molecule has 0 bridgehead atoms. The number of halogens is 1. The van der Waals surface area contributed by atoms with Crippen molar-refractivity contribution in [2.45, 2.75) is 51.6 Å². The molecule has 2 rings (SSSR count). The highest BCUT2D eigenvalue weighted by molar-refractivity contribution is 6.31. The van der Waals surface area contributed by atoms with Crippen molar-refractivity contribution in [1.29, 1.82) is 0 Å². The lowest BCUT2D eigenvalue weighted by molar-refractivity contribution is 0.141. The van der Waals surface area contributed by atoms with Gasteiger partial charge in [0.2, 0.25) is 0 Å². The summed E-state index contributed by atoms with van der Waals surface area (Å²) in [5.41, 5.74) is 2.02. The molecular weight excluding hydrogens is 236 g/mol. The van der Waals surface area contributed by atoms with Gasteiger partial charge in [-0.3, -0.25) is 4.68 Å². The van der Waals surface area contributed by atoms with Crippen LogP contribution in [-0.4, -0.2) is 21.0 Å². The Balaban J connectivity index is 2.08. The van der Waals surface area contributed by atoms with E-state index in [0.717, 1.165) is 42.1 Å². The quantitative estimate of drug-likeness (QED) is 0.827. The molecule has 0 aliphatic heterocycles. The fourth-order valence-electron chi connectivity index (χ4n) is 2.79. The third-order valence-electron chi connectivity index (χ3n) is 3.75. The number of aromatic nitrogens is 2. The summed E-state index contributed by atoms with van der Waals surface area (Å²) in [6.07, 6.45) is 6.22. The van der Waals surface area contributed by atoms with Crippen LogP contribution in [0.25, 0.3) is 0 Å². The Hall–Kier alpha value is -0.540. The van der Waals surface area contributed by atoms with E-state index >= 15 is 0 Å². The minimum Gasteiger partial charge on any atom is -0.393 e. The lowest BCUT2D eigenvalue weighted by Gasteiger charge is -2.16. The fourth-order valence-corrected chi connectivity index (χ4v) is 3.03. The second-order valence-electron chi connectivity index (χ2n) is 5.21. The molecule has 1 heterocycles. The van der Waals surface area contributed by atoms with Gasteiger partial charge in [-0.05, 0) is 38.5 Å². The number of hydrogen-bond acceptors (Lipinski definition) is 2. The van der Waals surface area contributed by atoms with Crippen molar-refractivity contribution in [2.24, 2.45) is 13.0 Å². The maximum Gasteiger partial charge on any atom is 0.0847 e. The van der Waals surface area contributed by atoms with Crippen LogP contribution < -0.4 is 0 Å². The smallest absolute Gasteiger partial charge is 0.0847 e. The second-order valence-corrected chi connectivity index (χ2v) is 5.59. The molecule has 1 saturated carbocycles. The summed E-state index contributed by atoms with van der Waals surface area (Å²) in [5.74, 6) is 0.541. The Labute approximate surface area is 108 Å². The Morgan fingerprint density at radius 2 is 2.12 bits per heavy atom. The highest BCUT2D eigenvalue weighted by Gasteiger charge is 2.21. The van der Waals surface area contributed by atoms with Crippen LogP contribution in [0.15, 0.2) is 0 Å². The Morgan fingerprint density at radius 1 is 1.41 bits per heavy atom. The van der Waals surface area contributed by atoms with Gasteiger partial charge in [0, 0.05) is 7.05 Å². The molecule has 3 nitrogen and oxygen atoms in total. The number of nitrogens with zero attached hydrogens (tertiary/aromatic N) is 2. The van der Waals surface area contributed by atoms with Crippen LogP contribution >= 0.6 is 11.6 Å². The fraction of sp³-hybridized carbons (Fsp3) is 0.769. The summed E-state index contributed by atoms with van der Waals surface area (Å²) in [6, 6.07) is 0. The summed E-state index contributed by atoms with van der Waals surface area (Å²) in [5, 5.41) is 15.0. The van der Waals surface area contributed by atoms with E-state index in [9.17, 15) is 5.11 Å². The molecule has 4 heteroatoms. The van der Waals surface area contributed by atoms with Gasteiger partial charge in [-0.15, -0.1) is 0 Å². The summed E-state index contributed by atoms with van der Waals surface area (Å²) in [7, 11) is 1.95. The summed E-state index contributed by atoms with van der Waals surface area (Å²) in [6.45, 7) is 1.94. The maximum absolute atomic E-state index is 9.83. The lowest BCUT2D eigenvalue weighted by Crippen LogP contribution is -2.14. The van der Waals surface area contributed by atoms with Gasteiger partial charge in [0.15, 0.2) is 0 Å². The number of aliphatic hydroxyl groups excluding tert-OH is 1. The minimum absolute atomic E-state index is 0.129. The number of aryl methyl sites for hydroxylation is 2. The summed E-state index contributed by atoms with van der Waals surface area (Å²) >= 11 is 6.26. The minimum atomic E-state index is -0.129. The van der Waals surface area contributed by atoms with Crippen LogP contribution in [0.5, 0.6) is 0 Å². The Bertz CT molecular complexity index is 389. The predicted molar refractivity (Wildman–Crippen MR) is 69.2 cm³/mol. The number of aliphatic hydroxyl groups is 1. The van der Waals surface area contributed by atoms with E-state index < -0.39 is 0 Å². The first-order valence-electron chi connectivity index (χ1n) is 6.44. The van der Waals surface area contributed by atoms with Crippen molar-refractivity contribution in [3.8, 4) is 0 Å². The molecule has 0 saturated heterocycles. The van der Waals surface area contributed by atoms with Crippen molar-refractivity contribution in [3.63, 3.8) is 0 Å². The average Bonchev–Trinajstić information content (AvgIpc) is 2.46. The molecule has 1 fully saturated rings. The molecule has 1 N–H and O–H groups in total. The van der Waals surface area contributed by atoms with E-state index in [-0.39, 0.29) is 6.10 Å². The normalized spacial score (nSPS) is 25.9. The molecule has 0 spiro atoms. The molecular formula is C13H21ClN2O.